The zero-order valence-corrected chi connectivity index (χ0v) is 12.9. The molecule has 112 valence electrons. The van der Waals surface area contributed by atoms with E-state index >= 15 is 0 Å². The summed E-state index contributed by atoms with van der Waals surface area (Å²) in [6.45, 7) is 4.78. The van der Waals surface area contributed by atoms with E-state index in [9.17, 15) is 0 Å². The minimum atomic E-state index is 0.116. The van der Waals surface area contributed by atoms with Crippen molar-refractivity contribution in [3.8, 4) is 12.0 Å². The van der Waals surface area contributed by atoms with Crippen molar-refractivity contribution in [2.24, 2.45) is 5.92 Å². The lowest BCUT2D eigenvalue weighted by Gasteiger charge is -2.30. The van der Waals surface area contributed by atoms with Crippen LogP contribution in [0.1, 0.15) is 52.4 Å². The van der Waals surface area contributed by atoms with Crippen LogP contribution in [-0.2, 0) is 0 Å². The average molecular weight is 300 g/mol. The first kappa shape index (κ1) is 15.3. The molecule has 1 saturated carbocycles. The largest absolute Gasteiger partial charge is 0.463 e. The second kappa shape index (κ2) is 7.62. The number of hydrogen-bond donors (Lipinski definition) is 0. The predicted molar refractivity (Wildman–Crippen MR) is 77.3 cm³/mol. The van der Waals surface area contributed by atoms with Gasteiger partial charge in [-0.25, -0.2) is 0 Å². The first-order valence-corrected chi connectivity index (χ1v) is 7.81. The normalized spacial score (nSPS) is 22.6. The van der Waals surface area contributed by atoms with Gasteiger partial charge in [-0.3, -0.25) is 0 Å². The minimum absolute atomic E-state index is 0.116. The molecule has 1 aliphatic rings. The monoisotopic (exact) mass is 299 g/mol. The average Bonchev–Trinajstić information content (AvgIpc) is 2.45. The van der Waals surface area contributed by atoms with Gasteiger partial charge in [0.2, 0.25) is 5.28 Å². The molecule has 2 atom stereocenters. The van der Waals surface area contributed by atoms with E-state index in [-0.39, 0.29) is 23.4 Å². The molecule has 0 amide bonds. The molecule has 0 radical (unpaired) electrons. The fourth-order valence-electron chi connectivity index (χ4n) is 2.56. The molecule has 0 aromatic carbocycles. The molecule has 0 saturated heterocycles. The Labute approximate surface area is 125 Å². The van der Waals surface area contributed by atoms with Crippen molar-refractivity contribution >= 4 is 11.6 Å². The molecule has 0 aliphatic heterocycles. The number of nitrogens with zero attached hydrogens (tertiary/aromatic N) is 3. The second-order valence-electron chi connectivity index (χ2n) is 5.13. The summed E-state index contributed by atoms with van der Waals surface area (Å²) in [4.78, 5) is 12.2. The van der Waals surface area contributed by atoms with Crippen molar-refractivity contribution in [1.29, 1.82) is 0 Å². The summed E-state index contributed by atoms with van der Waals surface area (Å²) in [6.07, 6.45) is 6.90. The van der Waals surface area contributed by atoms with Crippen LogP contribution in [0.15, 0.2) is 0 Å². The molecule has 20 heavy (non-hydrogen) atoms. The van der Waals surface area contributed by atoms with Crippen LogP contribution in [-0.4, -0.2) is 27.7 Å². The van der Waals surface area contributed by atoms with E-state index in [0.29, 0.717) is 12.5 Å². The van der Waals surface area contributed by atoms with Crippen molar-refractivity contribution in [1.82, 2.24) is 15.0 Å². The molecule has 0 bridgehead atoms. The van der Waals surface area contributed by atoms with Crippen LogP contribution < -0.4 is 9.47 Å². The summed E-state index contributed by atoms with van der Waals surface area (Å²) >= 11 is 5.89. The molecule has 1 aliphatic carbocycles. The van der Waals surface area contributed by atoms with Crippen molar-refractivity contribution in [3.05, 3.63) is 5.28 Å². The quantitative estimate of drug-likeness (QED) is 0.802. The fraction of sp³-hybridized carbons (Fsp3) is 0.786. The molecule has 0 N–H and O–H groups in total. The van der Waals surface area contributed by atoms with Crippen molar-refractivity contribution in [3.63, 3.8) is 0 Å². The van der Waals surface area contributed by atoms with E-state index in [1.54, 1.807) is 0 Å². The number of aromatic nitrogens is 3. The Morgan fingerprint density at radius 3 is 2.60 bits per heavy atom. The molecule has 6 heteroatoms. The Bertz CT molecular complexity index is 431. The molecule has 0 spiro atoms. The number of hydrogen-bond acceptors (Lipinski definition) is 5. The third kappa shape index (κ3) is 4.20. The van der Waals surface area contributed by atoms with E-state index in [4.69, 9.17) is 21.1 Å². The molecule has 2 rings (SSSR count). The van der Waals surface area contributed by atoms with Gasteiger partial charge >= 0.3 is 12.0 Å². The van der Waals surface area contributed by atoms with E-state index in [1.165, 1.54) is 19.3 Å². The van der Waals surface area contributed by atoms with Gasteiger partial charge in [0.05, 0.1) is 6.61 Å². The summed E-state index contributed by atoms with van der Waals surface area (Å²) in [5.41, 5.74) is 0. The fourth-order valence-corrected chi connectivity index (χ4v) is 2.70. The molecular formula is C14H22ClN3O2. The Morgan fingerprint density at radius 2 is 1.85 bits per heavy atom. The number of halogens is 1. The number of rotatable bonds is 6. The lowest BCUT2D eigenvalue weighted by Crippen LogP contribution is -2.30. The molecule has 2 unspecified atom stereocenters. The topological polar surface area (TPSA) is 57.1 Å². The molecule has 1 heterocycles. The van der Waals surface area contributed by atoms with Crippen LogP contribution >= 0.6 is 11.6 Å². The van der Waals surface area contributed by atoms with Gasteiger partial charge in [-0.1, -0.05) is 20.3 Å². The summed E-state index contributed by atoms with van der Waals surface area (Å²) in [7, 11) is 0. The van der Waals surface area contributed by atoms with E-state index in [1.807, 2.05) is 6.92 Å². The van der Waals surface area contributed by atoms with Crippen LogP contribution in [0.4, 0.5) is 0 Å². The van der Waals surface area contributed by atoms with Crippen molar-refractivity contribution in [2.45, 2.75) is 58.5 Å². The highest BCUT2D eigenvalue weighted by molar-refractivity contribution is 6.28. The lowest BCUT2D eigenvalue weighted by atomic mass is 9.85. The van der Waals surface area contributed by atoms with Gasteiger partial charge in [-0.15, -0.1) is 4.98 Å². The highest BCUT2D eigenvalue weighted by atomic mass is 35.5. The van der Waals surface area contributed by atoms with Gasteiger partial charge in [0.15, 0.2) is 0 Å². The van der Waals surface area contributed by atoms with E-state index < -0.39 is 0 Å². The maximum absolute atomic E-state index is 5.93. The van der Waals surface area contributed by atoms with Crippen LogP contribution in [0, 0.1) is 5.92 Å². The van der Waals surface area contributed by atoms with Gasteiger partial charge < -0.3 is 9.47 Å². The molecule has 1 aromatic heterocycles. The van der Waals surface area contributed by atoms with Gasteiger partial charge in [0.25, 0.3) is 0 Å². The highest BCUT2D eigenvalue weighted by Gasteiger charge is 2.26. The van der Waals surface area contributed by atoms with E-state index in [0.717, 1.165) is 19.3 Å². The molecular weight excluding hydrogens is 278 g/mol. The standard InChI is InChI=1S/C14H22ClN3O2/c1-3-9-19-13-16-12(15)17-14(18-13)20-11-8-6-5-7-10(11)4-2/h10-11H,3-9H2,1-2H3. The summed E-state index contributed by atoms with van der Waals surface area (Å²) < 4.78 is 11.3. The third-order valence-electron chi connectivity index (χ3n) is 3.62. The number of ether oxygens (including phenoxy) is 2. The van der Waals surface area contributed by atoms with Gasteiger partial charge in [-0.2, -0.15) is 9.97 Å². The van der Waals surface area contributed by atoms with Crippen LogP contribution in [0.25, 0.3) is 0 Å². The van der Waals surface area contributed by atoms with Gasteiger partial charge in [0, 0.05) is 0 Å². The van der Waals surface area contributed by atoms with E-state index in [2.05, 4.69) is 21.9 Å². The smallest absolute Gasteiger partial charge is 0.324 e. The Morgan fingerprint density at radius 1 is 1.10 bits per heavy atom. The second-order valence-corrected chi connectivity index (χ2v) is 5.47. The van der Waals surface area contributed by atoms with Crippen LogP contribution in [0.5, 0.6) is 12.0 Å². The first-order valence-electron chi connectivity index (χ1n) is 7.44. The maximum Gasteiger partial charge on any atom is 0.324 e. The SMILES string of the molecule is CCCOc1nc(Cl)nc(OC2CCCCC2CC)n1. The summed E-state index contributed by atoms with van der Waals surface area (Å²) in [5.74, 6) is 0.569. The molecule has 1 fully saturated rings. The third-order valence-corrected chi connectivity index (χ3v) is 3.79. The zero-order valence-electron chi connectivity index (χ0n) is 12.1. The molecule has 5 nitrogen and oxygen atoms in total. The zero-order chi connectivity index (χ0) is 14.4. The Kier molecular flexibility index (Phi) is 5.83. The predicted octanol–water partition coefficient (Wildman–Crippen LogP) is 3.66. The summed E-state index contributed by atoms with van der Waals surface area (Å²) in [5, 5.41) is 0.116. The molecule has 1 aromatic rings. The van der Waals surface area contributed by atoms with Crippen LogP contribution in [0.2, 0.25) is 5.28 Å². The first-order chi connectivity index (χ1) is 9.72. The minimum Gasteiger partial charge on any atom is -0.463 e. The van der Waals surface area contributed by atoms with Crippen LogP contribution in [0.3, 0.4) is 0 Å². The highest BCUT2D eigenvalue weighted by Crippen LogP contribution is 2.29. The summed E-state index contributed by atoms with van der Waals surface area (Å²) in [6, 6.07) is 0.521. The van der Waals surface area contributed by atoms with Gasteiger partial charge in [-0.05, 0) is 49.6 Å². The van der Waals surface area contributed by atoms with Gasteiger partial charge in [0.1, 0.15) is 6.10 Å². The lowest BCUT2D eigenvalue weighted by molar-refractivity contribution is 0.0794. The van der Waals surface area contributed by atoms with Crippen molar-refractivity contribution < 1.29 is 9.47 Å². The maximum atomic E-state index is 5.93. The Hall–Kier alpha value is -1.10. The van der Waals surface area contributed by atoms with Crippen molar-refractivity contribution in [2.75, 3.05) is 6.61 Å². The Balaban J connectivity index is 2.05.